The summed E-state index contributed by atoms with van der Waals surface area (Å²) in [5, 5.41) is 18.1. The summed E-state index contributed by atoms with van der Waals surface area (Å²) in [5.74, 6) is -2.38. The lowest BCUT2D eigenvalue weighted by Crippen LogP contribution is -2.22. The van der Waals surface area contributed by atoms with Gasteiger partial charge in [0.1, 0.15) is 5.25 Å². The Kier molecular flexibility index (Phi) is 4.40. The molecule has 1 fully saturated rings. The van der Waals surface area contributed by atoms with Gasteiger partial charge in [0.15, 0.2) is 15.3 Å². The summed E-state index contributed by atoms with van der Waals surface area (Å²) in [4.78, 5) is 11.7. The molecule has 0 saturated heterocycles. The van der Waals surface area contributed by atoms with E-state index in [4.69, 9.17) is 11.6 Å². The van der Waals surface area contributed by atoms with Gasteiger partial charge in [0.2, 0.25) is 0 Å². The van der Waals surface area contributed by atoms with E-state index in [-0.39, 0.29) is 4.90 Å². The lowest BCUT2D eigenvalue weighted by molar-refractivity contribution is -0.141. The number of nitriles is 1. The molecule has 1 aliphatic carbocycles. The highest BCUT2D eigenvalue weighted by atomic mass is 79.9. The monoisotopic (exact) mass is 439 g/mol. The van der Waals surface area contributed by atoms with Crippen molar-refractivity contribution in [3.63, 3.8) is 0 Å². The van der Waals surface area contributed by atoms with E-state index in [1.165, 1.54) is 24.3 Å². The maximum absolute atomic E-state index is 13.0. The van der Waals surface area contributed by atoms with E-state index in [0.29, 0.717) is 10.6 Å². The van der Waals surface area contributed by atoms with E-state index in [9.17, 15) is 23.6 Å². The lowest BCUT2D eigenvalue weighted by atomic mass is 10.0. The van der Waals surface area contributed by atoms with Crippen LogP contribution >= 0.6 is 27.5 Å². The molecule has 0 amide bonds. The standard InChI is InChI=1S/C17H11BrClNO4S/c18-11-3-1-10(2-4-11)14-15(17(14,9-20)16(21)22)25(23,24)13-7-5-12(19)6-8-13/h1-8,14-15H,(H,21,22). The molecule has 128 valence electrons. The number of hydrogen-bond acceptors (Lipinski definition) is 4. The normalized spacial score (nSPS) is 25.2. The maximum Gasteiger partial charge on any atom is 0.326 e. The van der Waals surface area contributed by atoms with Gasteiger partial charge in [-0.25, -0.2) is 8.42 Å². The first kappa shape index (κ1) is 17.9. The molecule has 0 aromatic heterocycles. The minimum atomic E-state index is -4.03. The third-order valence-corrected chi connectivity index (χ3v) is 7.40. The van der Waals surface area contributed by atoms with E-state index < -0.39 is 32.4 Å². The fourth-order valence-electron chi connectivity index (χ4n) is 3.09. The van der Waals surface area contributed by atoms with Gasteiger partial charge in [-0.05, 0) is 42.0 Å². The van der Waals surface area contributed by atoms with Crippen LogP contribution in [0.25, 0.3) is 0 Å². The van der Waals surface area contributed by atoms with Crippen molar-refractivity contribution >= 4 is 43.3 Å². The Bertz CT molecular complexity index is 983. The number of carboxylic acids is 1. The van der Waals surface area contributed by atoms with E-state index in [2.05, 4.69) is 15.9 Å². The van der Waals surface area contributed by atoms with Crippen LogP contribution in [-0.2, 0) is 14.6 Å². The Labute approximate surface area is 157 Å². The van der Waals surface area contributed by atoms with Crippen LogP contribution in [0.2, 0.25) is 5.02 Å². The molecule has 1 saturated carbocycles. The van der Waals surface area contributed by atoms with Gasteiger partial charge < -0.3 is 5.11 Å². The zero-order valence-electron chi connectivity index (χ0n) is 12.6. The first-order valence-corrected chi connectivity index (χ1v) is 9.86. The third kappa shape index (κ3) is 2.74. The Morgan fingerprint density at radius 2 is 1.72 bits per heavy atom. The number of benzene rings is 2. The van der Waals surface area contributed by atoms with Crippen LogP contribution in [0.5, 0.6) is 0 Å². The molecular formula is C17H11BrClNO4S. The number of halogens is 2. The average molecular weight is 441 g/mol. The average Bonchev–Trinajstić information content (AvgIpc) is 3.27. The van der Waals surface area contributed by atoms with Crippen LogP contribution in [0, 0.1) is 16.7 Å². The van der Waals surface area contributed by atoms with Gasteiger partial charge in [-0.1, -0.05) is 39.7 Å². The first-order valence-electron chi connectivity index (χ1n) is 7.14. The molecule has 8 heteroatoms. The predicted molar refractivity (Wildman–Crippen MR) is 95.0 cm³/mol. The van der Waals surface area contributed by atoms with Crippen molar-refractivity contribution in [2.45, 2.75) is 16.1 Å². The van der Waals surface area contributed by atoms with Gasteiger partial charge in [0.25, 0.3) is 0 Å². The fourth-order valence-corrected chi connectivity index (χ4v) is 5.73. The second-order valence-corrected chi connectivity index (χ2v) is 9.16. The Balaban J connectivity index is 2.12. The zero-order chi connectivity index (χ0) is 18.4. The van der Waals surface area contributed by atoms with E-state index in [1.54, 1.807) is 30.3 Å². The number of carboxylic acid groups (broad SMARTS) is 1. The molecule has 1 N–H and O–H groups in total. The second-order valence-electron chi connectivity index (χ2n) is 5.73. The van der Waals surface area contributed by atoms with Crippen LogP contribution in [-0.4, -0.2) is 24.7 Å². The minimum Gasteiger partial charge on any atom is -0.480 e. The minimum absolute atomic E-state index is 0.0533. The molecular weight excluding hydrogens is 430 g/mol. The summed E-state index contributed by atoms with van der Waals surface area (Å²) in [6.45, 7) is 0. The summed E-state index contributed by atoms with van der Waals surface area (Å²) in [7, 11) is -4.03. The van der Waals surface area contributed by atoms with Crippen molar-refractivity contribution in [1.82, 2.24) is 0 Å². The first-order chi connectivity index (χ1) is 11.7. The molecule has 3 unspecified atom stereocenters. The smallest absolute Gasteiger partial charge is 0.326 e. The van der Waals surface area contributed by atoms with Crippen molar-refractivity contribution in [1.29, 1.82) is 5.26 Å². The number of sulfone groups is 1. The quantitative estimate of drug-likeness (QED) is 0.783. The van der Waals surface area contributed by atoms with Gasteiger partial charge in [-0.3, -0.25) is 4.79 Å². The van der Waals surface area contributed by atoms with Gasteiger partial charge in [-0.15, -0.1) is 0 Å². The molecule has 3 atom stereocenters. The van der Waals surface area contributed by atoms with Gasteiger partial charge >= 0.3 is 5.97 Å². The Hall–Kier alpha value is -1.88. The molecule has 2 aromatic rings. The van der Waals surface area contributed by atoms with E-state index in [0.717, 1.165) is 4.47 Å². The lowest BCUT2D eigenvalue weighted by Gasteiger charge is -2.05. The Morgan fingerprint density at radius 1 is 1.16 bits per heavy atom. The molecule has 0 heterocycles. The van der Waals surface area contributed by atoms with Crippen LogP contribution in [0.1, 0.15) is 11.5 Å². The zero-order valence-corrected chi connectivity index (χ0v) is 15.7. The highest BCUT2D eigenvalue weighted by Crippen LogP contribution is 2.64. The number of aliphatic carboxylic acids is 1. The molecule has 0 radical (unpaired) electrons. The summed E-state index contributed by atoms with van der Waals surface area (Å²) < 4.78 is 26.7. The molecule has 1 aliphatic rings. The highest BCUT2D eigenvalue weighted by molar-refractivity contribution is 9.10. The van der Waals surface area contributed by atoms with Crippen molar-refractivity contribution in [3.05, 3.63) is 63.6 Å². The molecule has 2 aromatic carbocycles. The van der Waals surface area contributed by atoms with Crippen LogP contribution in [0.3, 0.4) is 0 Å². The van der Waals surface area contributed by atoms with E-state index >= 15 is 0 Å². The van der Waals surface area contributed by atoms with E-state index in [1.807, 2.05) is 0 Å². The highest BCUT2D eigenvalue weighted by Gasteiger charge is 2.77. The van der Waals surface area contributed by atoms with Crippen molar-refractivity contribution in [2.24, 2.45) is 5.41 Å². The molecule has 0 bridgehead atoms. The van der Waals surface area contributed by atoms with Gasteiger partial charge in [0.05, 0.1) is 11.0 Å². The predicted octanol–water partition coefficient (Wildman–Crippen LogP) is 3.64. The summed E-state index contributed by atoms with van der Waals surface area (Å²) >= 11 is 9.06. The van der Waals surface area contributed by atoms with Crippen molar-refractivity contribution < 1.29 is 18.3 Å². The Morgan fingerprint density at radius 3 is 2.20 bits per heavy atom. The van der Waals surface area contributed by atoms with Crippen molar-refractivity contribution in [3.8, 4) is 6.07 Å². The van der Waals surface area contributed by atoms with Crippen LogP contribution < -0.4 is 0 Å². The van der Waals surface area contributed by atoms with Crippen LogP contribution in [0.4, 0.5) is 0 Å². The fraction of sp³-hybridized carbons (Fsp3) is 0.176. The maximum atomic E-state index is 13.0. The largest absolute Gasteiger partial charge is 0.480 e. The summed E-state index contributed by atoms with van der Waals surface area (Å²) in [5.41, 5.74) is -1.51. The summed E-state index contributed by atoms with van der Waals surface area (Å²) in [6.07, 6.45) is 0. The molecule has 25 heavy (non-hydrogen) atoms. The molecule has 3 rings (SSSR count). The van der Waals surface area contributed by atoms with Gasteiger partial charge in [0, 0.05) is 15.4 Å². The SMILES string of the molecule is N#CC1(C(=O)O)C(c2ccc(Br)cc2)C1S(=O)(=O)c1ccc(Cl)cc1. The van der Waals surface area contributed by atoms with Crippen molar-refractivity contribution in [2.75, 3.05) is 0 Å². The topological polar surface area (TPSA) is 95.2 Å². The number of nitrogens with zero attached hydrogens (tertiary/aromatic N) is 1. The number of rotatable bonds is 4. The van der Waals surface area contributed by atoms with Gasteiger partial charge in [-0.2, -0.15) is 5.26 Å². The third-order valence-electron chi connectivity index (χ3n) is 4.38. The number of hydrogen-bond donors (Lipinski definition) is 1. The van der Waals surface area contributed by atoms with Crippen LogP contribution in [0.15, 0.2) is 57.9 Å². The second kappa shape index (κ2) is 6.13. The molecule has 5 nitrogen and oxygen atoms in total. The molecule has 0 spiro atoms. The number of carbonyl (C=O) groups is 1. The molecule has 0 aliphatic heterocycles. The summed E-state index contributed by atoms with van der Waals surface area (Å²) in [6, 6.07) is 13.8.